The topological polar surface area (TPSA) is 160 Å². The van der Waals surface area contributed by atoms with Crippen molar-refractivity contribution >= 4 is 29.5 Å². The van der Waals surface area contributed by atoms with Gasteiger partial charge in [0.25, 0.3) is 5.91 Å². The van der Waals surface area contributed by atoms with Crippen LogP contribution in [0, 0.1) is 28.6 Å². The van der Waals surface area contributed by atoms with E-state index in [-0.39, 0.29) is 37.3 Å². The van der Waals surface area contributed by atoms with Crippen LogP contribution in [0.5, 0.6) is 0 Å². The predicted octanol–water partition coefficient (Wildman–Crippen LogP) is 2.27. The van der Waals surface area contributed by atoms with Gasteiger partial charge in [-0.15, -0.1) is 6.58 Å². The minimum atomic E-state index is -1.05. The van der Waals surface area contributed by atoms with Gasteiger partial charge in [0.2, 0.25) is 17.6 Å². The summed E-state index contributed by atoms with van der Waals surface area (Å²) in [6, 6.07) is -4.25. The first kappa shape index (κ1) is 40.0. The van der Waals surface area contributed by atoms with E-state index in [0.29, 0.717) is 6.42 Å². The molecule has 0 aliphatic carbocycles. The number of nitrogens with one attached hydrogen (secondary N) is 4. The number of nitrogens with zero attached hydrogens (tertiary/aromatic N) is 2. The molecule has 0 aromatic carbocycles. The van der Waals surface area contributed by atoms with Gasteiger partial charge in [0.15, 0.2) is 0 Å². The van der Waals surface area contributed by atoms with Crippen molar-refractivity contribution < 1.29 is 29.1 Å². The molecule has 0 saturated carbocycles. The van der Waals surface area contributed by atoms with Gasteiger partial charge in [-0.05, 0) is 49.1 Å². The molecule has 0 spiro atoms. The van der Waals surface area contributed by atoms with E-state index in [0.717, 1.165) is 0 Å². The highest BCUT2D eigenvalue weighted by Crippen LogP contribution is 2.37. The minimum Gasteiger partial charge on any atom is -0.376 e. The van der Waals surface area contributed by atoms with Gasteiger partial charge in [0, 0.05) is 13.1 Å². The van der Waals surface area contributed by atoms with Gasteiger partial charge in [0.1, 0.15) is 18.3 Å². The Balaban J connectivity index is 3.42. The van der Waals surface area contributed by atoms with E-state index >= 15 is 0 Å². The summed E-state index contributed by atoms with van der Waals surface area (Å²) in [5, 5.41) is 21.8. The number of aliphatic hydroxyl groups excluding tert-OH is 1. The highest BCUT2D eigenvalue weighted by Gasteiger charge is 2.50. The normalized spacial score (nSPS) is 21.5. The summed E-state index contributed by atoms with van der Waals surface area (Å²) in [6.45, 7) is 23.0. The van der Waals surface area contributed by atoms with Crippen LogP contribution in [0.15, 0.2) is 12.7 Å². The third kappa shape index (κ3) is 10.8. The van der Waals surface area contributed by atoms with Crippen molar-refractivity contribution in [1.82, 2.24) is 31.1 Å². The molecule has 1 heterocycles. The van der Waals surface area contributed by atoms with Crippen LogP contribution in [0.1, 0.15) is 82.1 Å². The lowest BCUT2D eigenvalue weighted by Gasteiger charge is -2.40. The van der Waals surface area contributed by atoms with Crippen LogP contribution in [-0.2, 0) is 19.2 Å². The average molecular weight is 637 g/mol. The second-order valence-electron chi connectivity index (χ2n) is 15.1. The fourth-order valence-electron chi connectivity index (χ4n) is 6.02. The van der Waals surface area contributed by atoms with E-state index in [1.807, 2.05) is 69.2 Å². The van der Waals surface area contributed by atoms with Crippen LogP contribution >= 0.6 is 0 Å². The highest BCUT2D eigenvalue weighted by atomic mass is 16.3. The first-order valence-corrected chi connectivity index (χ1v) is 16.0. The summed E-state index contributed by atoms with van der Waals surface area (Å²) >= 11 is 0. The molecule has 7 atom stereocenters. The fraction of sp³-hybridized carbons (Fsp3) is 0.788. The zero-order chi connectivity index (χ0) is 35.0. The Hall–Kier alpha value is -2.99. The molecule has 12 nitrogen and oxygen atoms in total. The van der Waals surface area contributed by atoms with E-state index < -0.39 is 70.8 Å². The Morgan fingerprint density at radius 3 is 2.02 bits per heavy atom. The molecule has 2 unspecified atom stereocenters. The van der Waals surface area contributed by atoms with Gasteiger partial charge < -0.3 is 31.3 Å². The van der Waals surface area contributed by atoms with Crippen molar-refractivity contribution in [3.8, 4) is 0 Å². The SMILES string of the molecule is C=CCNC(=O)C(=O)C(CCC)NC(=O)[C@@H]1[C@@H](C(C)C)[C@@H](C)CN1C(=O)[C@@H](NC(=O)N[C@H](C(O)N(C)C)C(C)(C)C)C(C)(C)C. The van der Waals surface area contributed by atoms with Crippen LogP contribution in [0.4, 0.5) is 4.79 Å². The van der Waals surface area contributed by atoms with Crippen LogP contribution < -0.4 is 21.3 Å². The quantitative estimate of drug-likeness (QED) is 0.111. The van der Waals surface area contributed by atoms with Gasteiger partial charge in [0.05, 0.1) is 12.1 Å². The molecular formula is C33H60N6O6. The van der Waals surface area contributed by atoms with Gasteiger partial charge in [-0.25, -0.2) is 4.79 Å². The lowest BCUT2D eigenvalue weighted by atomic mass is 9.81. The number of urea groups is 1. The largest absolute Gasteiger partial charge is 0.376 e. The van der Waals surface area contributed by atoms with E-state index in [1.54, 1.807) is 19.0 Å². The first-order chi connectivity index (χ1) is 20.6. The summed E-state index contributed by atoms with van der Waals surface area (Å²) in [5.41, 5.74) is -1.24. The van der Waals surface area contributed by atoms with Gasteiger partial charge in [-0.3, -0.25) is 24.1 Å². The monoisotopic (exact) mass is 636 g/mol. The zero-order valence-electron chi connectivity index (χ0n) is 29.6. The van der Waals surface area contributed by atoms with Gasteiger partial charge in [-0.1, -0.05) is 81.7 Å². The number of aliphatic hydroxyl groups is 1. The van der Waals surface area contributed by atoms with E-state index in [9.17, 15) is 29.1 Å². The third-order valence-corrected chi connectivity index (χ3v) is 8.44. The maximum atomic E-state index is 14.4. The number of carbonyl (C=O) groups excluding carboxylic acids is 5. The van der Waals surface area contributed by atoms with E-state index in [4.69, 9.17) is 0 Å². The average Bonchev–Trinajstić information content (AvgIpc) is 3.27. The number of amides is 5. The molecule has 5 N–H and O–H groups in total. The van der Waals surface area contributed by atoms with Crippen molar-refractivity contribution in [2.24, 2.45) is 28.6 Å². The van der Waals surface area contributed by atoms with Crippen LogP contribution in [0.2, 0.25) is 0 Å². The molecule has 0 radical (unpaired) electrons. The summed E-state index contributed by atoms with van der Waals surface area (Å²) < 4.78 is 0. The summed E-state index contributed by atoms with van der Waals surface area (Å²) in [7, 11) is 3.42. The predicted molar refractivity (Wildman–Crippen MR) is 176 cm³/mol. The molecule has 1 aliphatic rings. The number of carbonyl (C=O) groups is 5. The van der Waals surface area contributed by atoms with Crippen molar-refractivity contribution in [2.45, 2.75) is 112 Å². The van der Waals surface area contributed by atoms with E-state index in [1.165, 1.54) is 11.0 Å². The Kier molecular flexibility index (Phi) is 14.7. The van der Waals surface area contributed by atoms with Gasteiger partial charge >= 0.3 is 6.03 Å². The number of ketones is 1. The minimum absolute atomic E-state index is 0.0224. The third-order valence-electron chi connectivity index (χ3n) is 8.44. The molecule has 1 saturated heterocycles. The van der Waals surface area contributed by atoms with Crippen LogP contribution in [0.3, 0.4) is 0 Å². The summed E-state index contributed by atoms with van der Waals surface area (Å²) in [6.07, 6.45) is 1.29. The number of likely N-dealkylation sites (tertiary alicyclic amines) is 1. The second-order valence-corrected chi connectivity index (χ2v) is 15.1. The summed E-state index contributed by atoms with van der Waals surface area (Å²) in [5.74, 6) is -2.74. The Labute approximate surface area is 270 Å². The number of likely N-dealkylation sites (N-methyl/N-ethyl adjacent to an activating group) is 1. The molecule has 12 heteroatoms. The maximum Gasteiger partial charge on any atom is 0.315 e. The molecule has 1 fully saturated rings. The maximum absolute atomic E-state index is 14.4. The lowest BCUT2D eigenvalue weighted by Crippen LogP contribution is -2.63. The Bertz CT molecular complexity index is 1060. The van der Waals surface area contributed by atoms with Crippen molar-refractivity contribution in [1.29, 1.82) is 0 Å². The molecule has 0 aromatic heterocycles. The van der Waals surface area contributed by atoms with Crippen molar-refractivity contribution in [3.05, 3.63) is 12.7 Å². The zero-order valence-corrected chi connectivity index (χ0v) is 29.6. The lowest BCUT2D eigenvalue weighted by molar-refractivity contribution is -0.144. The molecule has 258 valence electrons. The number of hydrogen-bond acceptors (Lipinski definition) is 7. The van der Waals surface area contributed by atoms with Crippen LogP contribution in [-0.4, -0.2) is 102 Å². The second kappa shape index (κ2) is 16.5. The smallest absolute Gasteiger partial charge is 0.315 e. The molecular weight excluding hydrogens is 576 g/mol. The highest BCUT2D eigenvalue weighted by molar-refractivity contribution is 6.38. The summed E-state index contributed by atoms with van der Waals surface area (Å²) in [4.78, 5) is 70.3. The molecule has 0 bridgehead atoms. The van der Waals surface area contributed by atoms with Crippen LogP contribution in [0.25, 0.3) is 0 Å². The fourth-order valence-corrected chi connectivity index (χ4v) is 6.02. The standard InChI is InChI=1S/C33H60N6O6/c1-14-16-21(24(40)28(42)34-17-15-2)35-27(41)23-22(19(3)4)20(5)18-39(23)30(44)26(33(9,10)11)37-31(45)36-25(32(6,7)8)29(43)38(12)13/h15,19-23,25-26,29,43H,2,14,16-18H2,1,3-13H3,(H,34,42)(H,35,41)(H2,36,37,45)/t20-,21?,22-,23-,25+,26+,29?/m0/s1. The van der Waals surface area contributed by atoms with Gasteiger partial charge in [-0.2, -0.15) is 0 Å². The molecule has 1 rings (SSSR count). The van der Waals surface area contributed by atoms with Crippen molar-refractivity contribution in [2.75, 3.05) is 27.2 Å². The number of Topliss-reactive ketones (excluding diaryl/α,β-unsaturated/α-hetero) is 1. The molecule has 5 amide bonds. The first-order valence-electron chi connectivity index (χ1n) is 16.0. The molecule has 45 heavy (non-hydrogen) atoms. The van der Waals surface area contributed by atoms with Crippen molar-refractivity contribution in [3.63, 3.8) is 0 Å². The molecule has 0 aromatic rings. The number of hydrogen-bond donors (Lipinski definition) is 5. The Morgan fingerprint density at radius 2 is 1.58 bits per heavy atom. The van der Waals surface area contributed by atoms with E-state index in [2.05, 4.69) is 27.8 Å². The number of rotatable bonds is 14. The Morgan fingerprint density at radius 1 is 1.00 bits per heavy atom. The molecule has 1 aliphatic heterocycles.